The van der Waals surface area contributed by atoms with E-state index in [9.17, 15) is 5.11 Å². The SMILES string of the molecule is Cc1ccc(C)c(OCC(O)CN2CCOC3(CCOCC3)C2)c1. The van der Waals surface area contributed by atoms with Crippen molar-refractivity contribution in [1.82, 2.24) is 4.90 Å². The van der Waals surface area contributed by atoms with Crippen LogP contribution in [0.25, 0.3) is 0 Å². The lowest BCUT2D eigenvalue weighted by atomic mass is 9.92. The van der Waals surface area contributed by atoms with Crippen LogP contribution in [0.1, 0.15) is 24.0 Å². The largest absolute Gasteiger partial charge is 0.491 e. The van der Waals surface area contributed by atoms with Crippen LogP contribution in [0, 0.1) is 13.8 Å². The number of rotatable bonds is 5. The molecule has 2 fully saturated rings. The number of hydrogen-bond acceptors (Lipinski definition) is 5. The highest BCUT2D eigenvalue weighted by molar-refractivity contribution is 5.35. The van der Waals surface area contributed by atoms with E-state index in [1.54, 1.807) is 0 Å². The minimum Gasteiger partial charge on any atom is -0.491 e. The molecule has 0 bridgehead atoms. The number of hydrogen-bond donors (Lipinski definition) is 1. The van der Waals surface area contributed by atoms with E-state index in [1.807, 2.05) is 26.0 Å². The van der Waals surface area contributed by atoms with Crippen LogP contribution in [0.4, 0.5) is 0 Å². The molecule has 2 aliphatic heterocycles. The van der Waals surface area contributed by atoms with Crippen LogP contribution in [0.2, 0.25) is 0 Å². The second-order valence-corrected chi connectivity index (χ2v) is 7.11. The number of β-amino-alcohol motifs (C(OH)–C–C–N with tert-alkyl or cyclic N) is 1. The molecule has 24 heavy (non-hydrogen) atoms. The second kappa shape index (κ2) is 7.83. The molecule has 0 aliphatic carbocycles. The van der Waals surface area contributed by atoms with Gasteiger partial charge in [-0.15, -0.1) is 0 Å². The zero-order chi connectivity index (χ0) is 17.0. The number of aliphatic hydroxyl groups excluding tert-OH is 1. The zero-order valence-corrected chi connectivity index (χ0v) is 14.8. The first kappa shape index (κ1) is 17.7. The van der Waals surface area contributed by atoms with Crippen molar-refractivity contribution in [2.75, 3.05) is 46.1 Å². The fourth-order valence-corrected chi connectivity index (χ4v) is 3.52. The average Bonchev–Trinajstić information content (AvgIpc) is 2.56. The van der Waals surface area contributed by atoms with E-state index in [0.29, 0.717) is 13.2 Å². The lowest BCUT2D eigenvalue weighted by Gasteiger charge is -2.45. The van der Waals surface area contributed by atoms with Gasteiger partial charge in [0.25, 0.3) is 0 Å². The molecule has 2 aliphatic rings. The Labute approximate surface area is 144 Å². The Kier molecular flexibility index (Phi) is 5.76. The molecule has 1 atom stereocenters. The highest BCUT2D eigenvalue weighted by Crippen LogP contribution is 2.29. The van der Waals surface area contributed by atoms with Gasteiger partial charge in [-0.1, -0.05) is 12.1 Å². The van der Waals surface area contributed by atoms with Crippen molar-refractivity contribution in [2.45, 2.75) is 38.4 Å². The normalized spacial score (nSPS) is 22.5. The van der Waals surface area contributed by atoms with Crippen molar-refractivity contribution < 1.29 is 19.3 Å². The molecule has 0 amide bonds. The zero-order valence-electron chi connectivity index (χ0n) is 14.8. The van der Waals surface area contributed by atoms with Gasteiger partial charge in [-0.2, -0.15) is 0 Å². The number of benzene rings is 1. The molecule has 1 aromatic carbocycles. The summed E-state index contributed by atoms with van der Waals surface area (Å²) in [5.74, 6) is 0.858. The van der Waals surface area contributed by atoms with E-state index in [1.165, 1.54) is 5.56 Å². The Morgan fingerprint density at radius 1 is 1.25 bits per heavy atom. The lowest BCUT2D eigenvalue weighted by Crippen LogP contribution is -2.55. The number of ether oxygens (including phenoxy) is 3. The summed E-state index contributed by atoms with van der Waals surface area (Å²) in [6.07, 6.45) is 1.39. The Hall–Kier alpha value is -1.14. The molecule has 5 heteroatoms. The van der Waals surface area contributed by atoms with Crippen LogP contribution in [-0.4, -0.2) is 67.8 Å². The maximum atomic E-state index is 10.4. The monoisotopic (exact) mass is 335 g/mol. The van der Waals surface area contributed by atoms with Gasteiger partial charge in [-0.3, -0.25) is 4.90 Å². The van der Waals surface area contributed by atoms with Crippen molar-refractivity contribution in [2.24, 2.45) is 0 Å². The van der Waals surface area contributed by atoms with Gasteiger partial charge in [-0.25, -0.2) is 0 Å². The summed E-state index contributed by atoms with van der Waals surface area (Å²) in [5.41, 5.74) is 2.18. The van der Waals surface area contributed by atoms with Crippen molar-refractivity contribution >= 4 is 0 Å². The summed E-state index contributed by atoms with van der Waals surface area (Å²) in [5, 5.41) is 10.4. The molecule has 5 nitrogen and oxygen atoms in total. The molecule has 1 aromatic rings. The van der Waals surface area contributed by atoms with Crippen molar-refractivity contribution in [3.05, 3.63) is 29.3 Å². The van der Waals surface area contributed by atoms with Crippen molar-refractivity contribution in [3.63, 3.8) is 0 Å². The lowest BCUT2D eigenvalue weighted by molar-refractivity contribution is -0.157. The van der Waals surface area contributed by atoms with Gasteiger partial charge in [-0.05, 0) is 31.0 Å². The average molecular weight is 335 g/mol. The summed E-state index contributed by atoms with van der Waals surface area (Å²) >= 11 is 0. The van der Waals surface area contributed by atoms with Crippen molar-refractivity contribution in [3.8, 4) is 5.75 Å². The predicted molar refractivity (Wildman–Crippen MR) is 92.6 cm³/mol. The van der Waals surface area contributed by atoms with E-state index in [4.69, 9.17) is 14.2 Å². The van der Waals surface area contributed by atoms with E-state index in [0.717, 1.165) is 57.1 Å². The first-order valence-corrected chi connectivity index (χ1v) is 8.89. The first-order chi connectivity index (χ1) is 11.6. The van der Waals surface area contributed by atoms with Crippen LogP contribution < -0.4 is 4.74 Å². The van der Waals surface area contributed by atoms with Crippen LogP contribution in [-0.2, 0) is 9.47 Å². The minimum atomic E-state index is -0.500. The summed E-state index contributed by atoms with van der Waals surface area (Å²) < 4.78 is 17.3. The third kappa shape index (κ3) is 4.48. The Bertz CT molecular complexity index is 537. The van der Waals surface area contributed by atoms with Crippen LogP contribution >= 0.6 is 0 Å². The highest BCUT2D eigenvalue weighted by Gasteiger charge is 2.38. The molecule has 3 rings (SSSR count). The van der Waals surface area contributed by atoms with Gasteiger partial charge in [0.2, 0.25) is 0 Å². The molecule has 1 unspecified atom stereocenters. The molecule has 0 aromatic heterocycles. The van der Waals surface area contributed by atoms with Gasteiger partial charge in [0.15, 0.2) is 0 Å². The van der Waals surface area contributed by atoms with Gasteiger partial charge in [0.05, 0.1) is 12.2 Å². The summed E-state index contributed by atoms with van der Waals surface area (Å²) in [7, 11) is 0. The third-order valence-corrected chi connectivity index (χ3v) is 4.98. The fourth-order valence-electron chi connectivity index (χ4n) is 3.52. The van der Waals surface area contributed by atoms with Gasteiger partial charge < -0.3 is 19.3 Å². The topological polar surface area (TPSA) is 51.2 Å². The number of nitrogens with zero attached hydrogens (tertiary/aromatic N) is 1. The maximum Gasteiger partial charge on any atom is 0.122 e. The van der Waals surface area contributed by atoms with Gasteiger partial charge in [0.1, 0.15) is 18.5 Å². The molecule has 1 N–H and O–H groups in total. The molecule has 1 spiro atoms. The molecular weight excluding hydrogens is 306 g/mol. The summed E-state index contributed by atoms with van der Waals surface area (Å²) in [6, 6.07) is 6.14. The molecule has 134 valence electrons. The smallest absolute Gasteiger partial charge is 0.122 e. The molecule has 0 radical (unpaired) electrons. The van der Waals surface area contributed by atoms with E-state index in [-0.39, 0.29) is 5.60 Å². The van der Waals surface area contributed by atoms with E-state index in [2.05, 4.69) is 11.0 Å². The molecule has 2 saturated heterocycles. The first-order valence-electron chi connectivity index (χ1n) is 8.89. The summed E-state index contributed by atoms with van der Waals surface area (Å²) in [6.45, 7) is 9.01. The molecule has 2 heterocycles. The fraction of sp³-hybridized carbons (Fsp3) is 0.684. The van der Waals surface area contributed by atoms with Crippen LogP contribution in [0.5, 0.6) is 5.75 Å². The Morgan fingerprint density at radius 3 is 2.83 bits per heavy atom. The minimum absolute atomic E-state index is 0.0792. The highest BCUT2D eigenvalue weighted by atomic mass is 16.5. The maximum absolute atomic E-state index is 10.4. The van der Waals surface area contributed by atoms with Gasteiger partial charge >= 0.3 is 0 Å². The number of aliphatic hydroxyl groups is 1. The van der Waals surface area contributed by atoms with E-state index >= 15 is 0 Å². The van der Waals surface area contributed by atoms with E-state index < -0.39 is 6.10 Å². The standard InChI is InChI=1S/C19H29NO4/c1-15-3-4-16(2)18(11-15)23-13-17(21)12-20-7-10-24-19(14-20)5-8-22-9-6-19/h3-4,11,17,21H,5-10,12-14H2,1-2H3. The van der Waals surface area contributed by atoms with Crippen LogP contribution in [0.15, 0.2) is 18.2 Å². The third-order valence-electron chi connectivity index (χ3n) is 4.98. The summed E-state index contributed by atoms with van der Waals surface area (Å²) in [4.78, 5) is 2.30. The predicted octanol–water partition coefficient (Wildman–Crippen LogP) is 1.92. The second-order valence-electron chi connectivity index (χ2n) is 7.11. The quantitative estimate of drug-likeness (QED) is 0.891. The Morgan fingerprint density at radius 2 is 2.04 bits per heavy atom. The van der Waals surface area contributed by atoms with Crippen molar-refractivity contribution in [1.29, 1.82) is 0 Å². The van der Waals surface area contributed by atoms with Crippen LogP contribution in [0.3, 0.4) is 0 Å². The van der Waals surface area contributed by atoms with Gasteiger partial charge in [0, 0.05) is 45.7 Å². The number of aryl methyl sites for hydroxylation is 2. The molecule has 0 saturated carbocycles. The number of morpholine rings is 1. The Balaban J connectivity index is 1.49. The molecular formula is C19H29NO4.